The number of fused-ring (bicyclic) bond motifs is 1. The number of hydrogen-bond donors (Lipinski definition) is 2. The molecule has 10 nitrogen and oxygen atoms in total. The first-order valence-corrected chi connectivity index (χ1v) is 11.6. The molecular formula is C27H21N5O5. The number of benzene rings is 3. The highest BCUT2D eigenvalue weighted by molar-refractivity contribution is 6.21. The lowest BCUT2D eigenvalue weighted by atomic mass is 9.97. The van der Waals surface area contributed by atoms with Gasteiger partial charge < -0.3 is 20.5 Å². The van der Waals surface area contributed by atoms with Gasteiger partial charge in [-0.2, -0.15) is 0 Å². The van der Waals surface area contributed by atoms with Crippen molar-refractivity contribution in [2.45, 2.75) is 19.5 Å². The second kappa shape index (κ2) is 8.30. The highest BCUT2D eigenvalue weighted by atomic mass is 16.7. The summed E-state index contributed by atoms with van der Waals surface area (Å²) < 4.78 is 5.99. The van der Waals surface area contributed by atoms with Crippen LogP contribution in [-0.2, 0) is 11.2 Å². The topological polar surface area (TPSA) is 140 Å². The summed E-state index contributed by atoms with van der Waals surface area (Å²) >= 11 is 0. The molecule has 0 aliphatic carbocycles. The fourth-order valence-corrected chi connectivity index (χ4v) is 5.10. The molecule has 0 fully saturated rings. The molecule has 37 heavy (non-hydrogen) atoms. The number of carbonyl (C=O) groups excluding carboxylic acids is 1. The second-order valence-electron chi connectivity index (χ2n) is 8.91. The zero-order valence-electron chi connectivity index (χ0n) is 19.7. The molecule has 1 aromatic heterocycles. The zero-order chi connectivity index (χ0) is 25.8. The Morgan fingerprint density at radius 1 is 1.11 bits per heavy atom. The van der Waals surface area contributed by atoms with E-state index in [1.807, 2.05) is 42.5 Å². The molecule has 2 aliphatic heterocycles. The molecule has 6 rings (SSSR count). The van der Waals surface area contributed by atoms with E-state index in [0.717, 1.165) is 22.4 Å². The fraction of sp³-hybridized carbons (Fsp3) is 0.148. The van der Waals surface area contributed by atoms with Gasteiger partial charge in [-0.1, -0.05) is 30.3 Å². The Kier molecular flexibility index (Phi) is 5.04. The molecule has 0 radical (unpaired) electrons. The summed E-state index contributed by atoms with van der Waals surface area (Å²) in [4.78, 5) is 49.7. The number of hydrogen-bond acceptors (Lipinski definition) is 7. The van der Waals surface area contributed by atoms with Crippen LogP contribution in [0.2, 0.25) is 0 Å². The van der Waals surface area contributed by atoms with Gasteiger partial charge in [0.25, 0.3) is 11.5 Å². The molecule has 0 spiro atoms. The standard InChI is InChI=1S/C27H21N5O5/c1-14-29-21-13-18(37-27(35)36)7-8-19(21)25(33)32(14)24-26(34)31-10-9-16-11-17(28)12-20(23(16)31)22(30-24)15-5-3-2-4-6-15/h2-8,11-13,24H,9-10,28H2,1H3,(H,35,36). The third kappa shape index (κ3) is 3.61. The van der Waals surface area contributed by atoms with Crippen molar-refractivity contribution in [1.82, 2.24) is 9.55 Å². The normalized spacial score (nSPS) is 16.4. The number of carboxylic acid groups (broad SMARTS) is 1. The van der Waals surface area contributed by atoms with Gasteiger partial charge in [0.2, 0.25) is 6.17 Å². The predicted molar refractivity (Wildman–Crippen MR) is 137 cm³/mol. The summed E-state index contributed by atoms with van der Waals surface area (Å²) in [6.45, 7) is 2.06. The molecule has 184 valence electrons. The van der Waals surface area contributed by atoms with Gasteiger partial charge in [0.1, 0.15) is 11.6 Å². The monoisotopic (exact) mass is 495 g/mol. The van der Waals surface area contributed by atoms with E-state index in [1.165, 1.54) is 22.8 Å². The molecule has 1 amide bonds. The lowest BCUT2D eigenvalue weighted by molar-refractivity contribution is -0.121. The van der Waals surface area contributed by atoms with Gasteiger partial charge in [0.05, 0.1) is 22.3 Å². The van der Waals surface area contributed by atoms with Crippen molar-refractivity contribution in [3.05, 3.63) is 93.5 Å². The number of aromatic nitrogens is 2. The van der Waals surface area contributed by atoms with E-state index in [9.17, 15) is 14.4 Å². The smallest absolute Gasteiger partial charge is 0.449 e. The van der Waals surface area contributed by atoms with Gasteiger partial charge in [-0.25, -0.2) is 14.8 Å². The first-order chi connectivity index (χ1) is 17.8. The SMILES string of the molecule is Cc1nc2cc(OC(=O)O)ccc2c(=O)n1C1N=C(c2ccccc2)c2cc(N)cc3c2N(CC3)C1=O. The number of ether oxygens (including phenoxy) is 1. The van der Waals surface area contributed by atoms with E-state index in [1.54, 1.807) is 11.8 Å². The molecule has 0 saturated heterocycles. The summed E-state index contributed by atoms with van der Waals surface area (Å²) in [6.07, 6.45) is -2.03. The molecule has 4 aromatic rings. The summed E-state index contributed by atoms with van der Waals surface area (Å²) in [5, 5.41) is 9.12. The molecule has 1 atom stereocenters. The maximum atomic E-state index is 14.0. The number of carbonyl (C=O) groups is 2. The number of anilines is 2. The molecule has 0 bridgehead atoms. The van der Waals surface area contributed by atoms with Crippen molar-refractivity contribution in [2.24, 2.45) is 4.99 Å². The summed E-state index contributed by atoms with van der Waals surface area (Å²) in [5.74, 6) is -0.0473. The Bertz CT molecular complexity index is 1710. The first-order valence-electron chi connectivity index (χ1n) is 11.6. The van der Waals surface area contributed by atoms with Gasteiger partial charge in [-0.15, -0.1) is 0 Å². The minimum Gasteiger partial charge on any atom is -0.449 e. The highest BCUT2D eigenvalue weighted by Crippen LogP contribution is 2.39. The van der Waals surface area contributed by atoms with Crippen LogP contribution >= 0.6 is 0 Å². The molecule has 10 heteroatoms. The molecule has 2 aliphatic rings. The fourth-order valence-electron chi connectivity index (χ4n) is 5.10. The highest BCUT2D eigenvalue weighted by Gasteiger charge is 2.38. The van der Waals surface area contributed by atoms with Gasteiger partial charge >= 0.3 is 6.16 Å². The molecule has 0 saturated carbocycles. The van der Waals surface area contributed by atoms with Crippen LogP contribution in [0.3, 0.4) is 0 Å². The van der Waals surface area contributed by atoms with E-state index in [-0.39, 0.29) is 28.4 Å². The Hall–Kier alpha value is -4.99. The average Bonchev–Trinajstić information content (AvgIpc) is 3.24. The Labute approximate surface area is 210 Å². The van der Waals surface area contributed by atoms with Crippen LogP contribution in [0.4, 0.5) is 16.2 Å². The molecule has 3 aromatic carbocycles. The zero-order valence-corrected chi connectivity index (χ0v) is 19.7. The largest absolute Gasteiger partial charge is 0.511 e. The van der Waals surface area contributed by atoms with E-state index in [2.05, 4.69) is 4.98 Å². The van der Waals surface area contributed by atoms with Gasteiger partial charge in [-0.05, 0) is 43.2 Å². The quantitative estimate of drug-likeness (QED) is 0.252. The maximum absolute atomic E-state index is 14.0. The number of nitrogen functional groups attached to an aromatic ring is 1. The minimum atomic E-state index is -1.47. The third-order valence-corrected chi connectivity index (χ3v) is 6.63. The van der Waals surface area contributed by atoms with Gasteiger partial charge in [-0.3, -0.25) is 14.2 Å². The second-order valence-corrected chi connectivity index (χ2v) is 8.91. The Balaban J connectivity index is 1.59. The number of nitrogens with two attached hydrogens (primary N) is 1. The number of rotatable bonds is 3. The van der Waals surface area contributed by atoms with Crippen LogP contribution in [0.1, 0.15) is 28.7 Å². The Morgan fingerprint density at radius 3 is 2.65 bits per heavy atom. The van der Waals surface area contributed by atoms with E-state index in [4.69, 9.17) is 20.6 Å². The Morgan fingerprint density at radius 2 is 1.89 bits per heavy atom. The lowest BCUT2D eigenvalue weighted by Gasteiger charge is -2.23. The first kappa shape index (κ1) is 22.5. The van der Waals surface area contributed by atoms with Crippen LogP contribution < -0.4 is 20.9 Å². The predicted octanol–water partition coefficient (Wildman–Crippen LogP) is 3.28. The van der Waals surface area contributed by atoms with Gasteiger partial charge in [0.15, 0.2) is 0 Å². The molecular weight excluding hydrogens is 474 g/mol. The van der Waals surface area contributed by atoms with Gasteiger partial charge in [0, 0.05) is 29.4 Å². The summed E-state index contributed by atoms with van der Waals surface area (Å²) in [7, 11) is 0. The number of nitrogens with zero attached hydrogens (tertiary/aromatic N) is 4. The van der Waals surface area contributed by atoms with Crippen LogP contribution in [0.25, 0.3) is 10.9 Å². The van der Waals surface area contributed by atoms with Crippen molar-refractivity contribution in [1.29, 1.82) is 0 Å². The maximum Gasteiger partial charge on any atom is 0.511 e. The number of aliphatic imine (C=N–C) groups is 1. The van der Waals surface area contributed by atoms with Crippen molar-refractivity contribution >= 4 is 40.1 Å². The summed E-state index contributed by atoms with van der Waals surface area (Å²) in [5.41, 5.74) is 10.4. The van der Waals surface area contributed by atoms with Crippen LogP contribution in [0.15, 0.2) is 70.5 Å². The third-order valence-electron chi connectivity index (χ3n) is 6.63. The van der Waals surface area contributed by atoms with E-state index in [0.29, 0.717) is 24.4 Å². The van der Waals surface area contributed by atoms with Crippen LogP contribution in [-0.4, -0.2) is 39.0 Å². The molecule has 3 N–H and O–H groups in total. The molecule has 1 unspecified atom stereocenters. The number of amides is 1. The van der Waals surface area contributed by atoms with E-state index < -0.39 is 17.9 Å². The van der Waals surface area contributed by atoms with Crippen LogP contribution in [0, 0.1) is 6.92 Å². The molecule has 3 heterocycles. The average molecular weight is 495 g/mol. The summed E-state index contributed by atoms with van der Waals surface area (Å²) in [6, 6.07) is 17.3. The van der Waals surface area contributed by atoms with Crippen molar-refractivity contribution in [2.75, 3.05) is 17.2 Å². The minimum absolute atomic E-state index is 0.0385. The van der Waals surface area contributed by atoms with Crippen molar-refractivity contribution in [3.63, 3.8) is 0 Å². The number of aryl methyl sites for hydroxylation is 1. The van der Waals surface area contributed by atoms with E-state index >= 15 is 0 Å². The van der Waals surface area contributed by atoms with Crippen molar-refractivity contribution < 1.29 is 19.4 Å². The van der Waals surface area contributed by atoms with Crippen molar-refractivity contribution in [3.8, 4) is 5.75 Å². The van der Waals surface area contributed by atoms with Crippen LogP contribution in [0.5, 0.6) is 5.75 Å². The lowest BCUT2D eigenvalue weighted by Crippen LogP contribution is -2.39.